The highest BCUT2D eigenvalue weighted by Gasteiger charge is 2.25. The van der Waals surface area contributed by atoms with Gasteiger partial charge in [-0.15, -0.1) is 0 Å². The van der Waals surface area contributed by atoms with Gasteiger partial charge in [0.15, 0.2) is 5.04 Å². The molecule has 1 heterocycles. The van der Waals surface area contributed by atoms with Crippen LogP contribution < -0.4 is 5.43 Å². The maximum Gasteiger partial charge on any atom is 0.225 e. The van der Waals surface area contributed by atoms with Gasteiger partial charge in [0.25, 0.3) is 0 Å². The number of hydrogen-bond acceptors (Lipinski definition) is 4. The summed E-state index contributed by atoms with van der Waals surface area (Å²) in [6.07, 6.45) is 1.59. The quantitative estimate of drug-likeness (QED) is 0.666. The Morgan fingerprint density at radius 2 is 1.52 bits per heavy atom. The Labute approximate surface area is 162 Å². The fraction of sp³-hybridized carbons (Fsp3) is 0. The van der Waals surface area contributed by atoms with Crippen LogP contribution in [0.4, 0.5) is 5.69 Å². The number of hydrazone groups is 1. The zero-order chi connectivity index (χ0) is 18.9. The van der Waals surface area contributed by atoms with E-state index in [0.717, 1.165) is 16.7 Å². The van der Waals surface area contributed by atoms with E-state index in [1.165, 1.54) is 0 Å². The predicted octanol–water partition coefficient (Wildman–Crippen LogP) is 4.98. The van der Waals surface area contributed by atoms with Gasteiger partial charge in [-0.2, -0.15) is 5.10 Å². The molecule has 0 aliphatic carbocycles. The van der Waals surface area contributed by atoms with E-state index in [2.05, 4.69) is 10.5 Å². The average molecular weight is 395 g/mol. The Kier molecular flexibility index (Phi) is 4.56. The van der Waals surface area contributed by atoms with E-state index in [9.17, 15) is 8.42 Å². The third-order valence-electron chi connectivity index (χ3n) is 4.24. The van der Waals surface area contributed by atoms with E-state index in [0.29, 0.717) is 10.7 Å². The summed E-state index contributed by atoms with van der Waals surface area (Å²) in [7, 11) is -3.78. The van der Waals surface area contributed by atoms with E-state index in [-0.39, 0.29) is 9.94 Å². The van der Waals surface area contributed by atoms with Crippen molar-refractivity contribution in [2.24, 2.45) is 5.10 Å². The van der Waals surface area contributed by atoms with Crippen LogP contribution >= 0.6 is 11.6 Å². The third kappa shape index (κ3) is 3.39. The van der Waals surface area contributed by atoms with Crippen LogP contribution in [0.3, 0.4) is 0 Å². The van der Waals surface area contributed by atoms with Gasteiger partial charge in [-0.1, -0.05) is 60.1 Å². The molecule has 27 heavy (non-hydrogen) atoms. The maximum absolute atomic E-state index is 13.1. The van der Waals surface area contributed by atoms with Crippen molar-refractivity contribution in [2.45, 2.75) is 4.90 Å². The fourth-order valence-corrected chi connectivity index (χ4v) is 4.27. The summed E-state index contributed by atoms with van der Waals surface area (Å²) in [6.45, 7) is 0. The summed E-state index contributed by atoms with van der Waals surface area (Å²) < 4.78 is 26.2. The number of anilines is 1. The summed E-state index contributed by atoms with van der Waals surface area (Å²) in [5.74, 6) is 0. The van der Waals surface area contributed by atoms with Crippen molar-refractivity contribution in [3.63, 3.8) is 0 Å². The first-order valence-corrected chi connectivity index (χ1v) is 10.1. The summed E-state index contributed by atoms with van der Waals surface area (Å²) in [5, 5.41) is 4.68. The Morgan fingerprint density at radius 3 is 2.22 bits per heavy atom. The number of nitrogens with zero attached hydrogens (tertiary/aromatic N) is 1. The normalized spacial score (nSPS) is 13.7. The molecule has 0 atom stereocenters. The van der Waals surface area contributed by atoms with Crippen molar-refractivity contribution in [2.75, 3.05) is 5.43 Å². The van der Waals surface area contributed by atoms with Gasteiger partial charge in [-0.3, -0.25) is 5.43 Å². The van der Waals surface area contributed by atoms with Crippen LogP contribution in [0.2, 0.25) is 5.02 Å². The number of hydrogen-bond donors (Lipinski definition) is 1. The van der Waals surface area contributed by atoms with Crippen molar-refractivity contribution in [1.29, 1.82) is 0 Å². The van der Waals surface area contributed by atoms with Crippen LogP contribution in [0, 0.1) is 0 Å². The number of benzene rings is 3. The Morgan fingerprint density at radius 1 is 0.852 bits per heavy atom. The molecule has 1 aliphatic heterocycles. The molecule has 0 saturated carbocycles. The van der Waals surface area contributed by atoms with Crippen molar-refractivity contribution in [3.05, 3.63) is 101 Å². The molecule has 0 radical (unpaired) electrons. The molecule has 3 aromatic carbocycles. The van der Waals surface area contributed by atoms with Crippen LogP contribution in [-0.4, -0.2) is 13.5 Å². The van der Waals surface area contributed by atoms with E-state index in [1.807, 2.05) is 30.3 Å². The van der Waals surface area contributed by atoms with Crippen molar-refractivity contribution in [3.8, 4) is 0 Å². The minimum Gasteiger partial charge on any atom is -0.277 e. The molecule has 0 saturated heterocycles. The Hall–Kier alpha value is -2.89. The fourth-order valence-electron chi connectivity index (χ4n) is 2.90. The van der Waals surface area contributed by atoms with Gasteiger partial charge >= 0.3 is 0 Å². The molecule has 0 fully saturated rings. The molecule has 0 unspecified atom stereocenters. The lowest BCUT2D eigenvalue weighted by atomic mass is 9.96. The minimum absolute atomic E-state index is 0.0557. The highest BCUT2D eigenvalue weighted by atomic mass is 35.5. The Bertz CT molecular complexity index is 1160. The van der Waals surface area contributed by atoms with Crippen LogP contribution in [-0.2, 0) is 9.84 Å². The van der Waals surface area contributed by atoms with Crippen LogP contribution in [0.25, 0.3) is 5.57 Å². The lowest BCUT2D eigenvalue weighted by molar-refractivity contribution is 0.607. The lowest BCUT2D eigenvalue weighted by Gasteiger charge is -2.11. The number of nitrogens with one attached hydrogen (secondary N) is 1. The molecular formula is C21H15ClN2O2S. The molecule has 4 nitrogen and oxygen atoms in total. The first-order valence-electron chi connectivity index (χ1n) is 8.26. The molecule has 0 bridgehead atoms. The number of fused-ring (bicyclic) bond motifs is 1. The molecule has 1 aliphatic rings. The molecule has 1 N–H and O–H groups in total. The predicted molar refractivity (Wildman–Crippen MR) is 110 cm³/mol. The monoisotopic (exact) mass is 394 g/mol. The van der Waals surface area contributed by atoms with Gasteiger partial charge in [0.05, 0.1) is 10.6 Å². The van der Waals surface area contributed by atoms with Crippen molar-refractivity contribution < 1.29 is 8.42 Å². The molecule has 0 spiro atoms. The van der Waals surface area contributed by atoms with Gasteiger partial charge < -0.3 is 0 Å². The highest BCUT2D eigenvalue weighted by molar-refractivity contribution is 8.06. The van der Waals surface area contributed by atoms with Gasteiger partial charge in [0.2, 0.25) is 9.84 Å². The maximum atomic E-state index is 13.1. The Balaban J connectivity index is 1.93. The SMILES string of the molecule is O=S(=O)(C1=NNc2ccc(Cl)cc2C(c2ccccc2)=C1)c1ccccc1. The number of rotatable bonds is 2. The number of sulfone groups is 1. The second kappa shape index (κ2) is 7.02. The first kappa shape index (κ1) is 17.5. The largest absolute Gasteiger partial charge is 0.277 e. The first-order chi connectivity index (χ1) is 13.1. The van der Waals surface area contributed by atoms with E-state index in [4.69, 9.17) is 11.6 Å². The zero-order valence-electron chi connectivity index (χ0n) is 14.1. The smallest absolute Gasteiger partial charge is 0.225 e. The van der Waals surface area contributed by atoms with Crippen molar-refractivity contribution in [1.82, 2.24) is 0 Å². The average Bonchev–Trinajstić information content (AvgIpc) is 2.89. The van der Waals surface area contributed by atoms with Crippen LogP contribution in [0.1, 0.15) is 11.1 Å². The van der Waals surface area contributed by atoms with Gasteiger partial charge in [-0.05, 0) is 47.5 Å². The molecule has 4 rings (SSSR count). The molecule has 0 amide bonds. The second-order valence-corrected chi connectivity index (χ2v) is 8.33. The lowest BCUT2D eigenvalue weighted by Crippen LogP contribution is -2.14. The zero-order valence-corrected chi connectivity index (χ0v) is 15.7. The van der Waals surface area contributed by atoms with Crippen LogP contribution in [0.5, 0.6) is 0 Å². The molecule has 3 aromatic rings. The second-order valence-electron chi connectivity index (χ2n) is 5.99. The number of halogens is 1. The minimum atomic E-state index is -3.78. The van der Waals surface area contributed by atoms with E-state index < -0.39 is 9.84 Å². The molecule has 6 heteroatoms. The summed E-state index contributed by atoms with van der Waals surface area (Å²) in [4.78, 5) is 0.193. The molecule has 134 valence electrons. The molecular weight excluding hydrogens is 380 g/mol. The van der Waals surface area contributed by atoms with Crippen LogP contribution in [0.15, 0.2) is 94.9 Å². The van der Waals surface area contributed by atoms with Gasteiger partial charge in [-0.25, -0.2) is 8.42 Å². The topological polar surface area (TPSA) is 58.5 Å². The van der Waals surface area contributed by atoms with Gasteiger partial charge in [0, 0.05) is 10.6 Å². The van der Waals surface area contributed by atoms with Crippen molar-refractivity contribution >= 4 is 37.7 Å². The van der Waals surface area contributed by atoms with Gasteiger partial charge in [0.1, 0.15) is 0 Å². The van der Waals surface area contributed by atoms with E-state index in [1.54, 1.807) is 54.6 Å². The summed E-state index contributed by atoms with van der Waals surface area (Å²) >= 11 is 6.19. The summed E-state index contributed by atoms with van der Waals surface area (Å²) in [6, 6.07) is 23.2. The van der Waals surface area contributed by atoms with E-state index >= 15 is 0 Å². The third-order valence-corrected chi connectivity index (χ3v) is 6.13. The molecule has 0 aromatic heterocycles. The summed E-state index contributed by atoms with van der Waals surface area (Å²) in [5.41, 5.74) is 5.96. The standard InChI is InChI=1S/C21H15ClN2O2S/c22-16-11-12-20-19(13-16)18(15-7-3-1-4-8-15)14-21(24-23-20)27(25,26)17-9-5-2-6-10-17/h1-14,23H. The highest BCUT2D eigenvalue weighted by Crippen LogP contribution is 2.34.